The Morgan fingerprint density at radius 3 is 2.53 bits per heavy atom. The highest BCUT2D eigenvalue weighted by Gasteiger charge is 2.06. The van der Waals surface area contributed by atoms with Crippen molar-refractivity contribution in [3.63, 3.8) is 0 Å². The molecule has 0 radical (unpaired) electrons. The van der Waals surface area contributed by atoms with E-state index in [1.54, 1.807) is 18.5 Å². The number of rotatable bonds is 1. The average molecular weight is 202 g/mol. The molecule has 0 spiro atoms. The quantitative estimate of drug-likeness (QED) is 0.722. The first kappa shape index (κ1) is 9.65. The number of aryl methyl sites for hydroxylation is 1. The first-order chi connectivity index (χ1) is 7.18. The fourth-order valence-electron chi connectivity index (χ4n) is 1.55. The highest BCUT2D eigenvalue weighted by molar-refractivity contribution is 5.69. The van der Waals surface area contributed by atoms with Crippen LogP contribution in [0, 0.1) is 12.7 Å². The fraction of sp³-hybridized carbons (Fsp3) is 0.0833. The smallest absolute Gasteiger partial charge is 0.146 e. The monoisotopic (exact) mass is 202 g/mol. The van der Waals surface area contributed by atoms with Crippen LogP contribution in [0.1, 0.15) is 5.56 Å². The van der Waals surface area contributed by atoms with Crippen LogP contribution in [0.3, 0.4) is 0 Å². The molecule has 1 heterocycles. The van der Waals surface area contributed by atoms with Crippen LogP contribution in [0.15, 0.2) is 36.7 Å². The van der Waals surface area contributed by atoms with E-state index in [0.717, 1.165) is 16.7 Å². The minimum absolute atomic E-state index is 0.185. The number of hydrogen-bond donors (Lipinski definition) is 1. The highest BCUT2D eigenvalue weighted by Crippen LogP contribution is 2.26. The van der Waals surface area contributed by atoms with E-state index in [-0.39, 0.29) is 11.5 Å². The molecule has 2 nitrogen and oxygen atoms in total. The normalized spacial score (nSPS) is 10.3. The lowest BCUT2D eigenvalue weighted by atomic mass is 10.0. The molecule has 3 heteroatoms. The van der Waals surface area contributed by atoms with Gasteiger partial charge in [-0.15, -0.1) is 0 Å². The molecule has 1 aromatic carbocycles. The molecule has 0 saturated heterocycles. The number of nitrogens with two attached hydrogens (primary N) is 1. The zero-order valence-corrected chi connectivity index (χ0v) is 8.37. The molecule has 2 N–H and O–H groups in total. The molecule has 0 amide bonds. The maximum absolute atomic E-state index is 13.3. The van der Waals surface area contributed by atoms with Gasteiger partial charge in [-0.2, -0.15) is 0 Å². The van der Waals surface area contributed by atoms with Crippen molar-refractivity contribution in [1.29, 1.82) is 0 Å². The van der Waals surface area contributed by atoms with Crippen molar-refractivity contribution >= 4 is 5.69 Å². The zero-order chi connectivity index (χ0) is 10.8. The van der Waals surface area contributed by atoms with Gasteiger partial charge in [0, 0.05) is 12.4 Å². The number of halogens is 1. The van der Waals surface area contributed by atoms with Crippen molar-refractivity contribution in [2.75, 3.05) is 5.73 Å². The van der Waals surface area contributed by atoms with Gasteiger partial charge in [0.2, 0.25) is 0 Å². The lowest BCUT2D eigenvalue weighted by Crippen LogP contribution is -1.93. The summed E-state index contributed by atoms with van der Waals surface area (Å²) in [6.07, 6.45) is 3.37. The Balaban J connectivity index is 2.59. The van der Waals surface area contributed by atoms with Gasteiger partial charge in [-0.3, -0.25) is 4.98 Å². The molecule has 0 fully saturated rings. The summed E-state index contributed by atoms with van der Waals surface area (Å²) in [6.45, 7) is 1.91. The Morgan fingerprint density at radius 2 is 1.87 bits per heavy atom. The first-order valence-corrected chi connectivity index (χ1v) is 4.64. The zero-order valence-electron chi connectivity index (χ0n) is 8.37. The van der Waals surface area contributed by atoms with E-state index in [4.69, 9.17) is 5.73 Å². The van der Waals surface area contributed by atoms with Crippen LogP contribution in [-0.4, -0.2) is 4.98 Å². The summed E-state index contributed by atoms with van der Waals surface area (Å²) < 4.78 is 13.3. The molecule has 0 unspecified atom stereocenters. The van der Waals surface area contributed by atoms with E-state index >= 15 is 0 Å². The summed E-state index contributed by atoms with van der Waals surface area (Å²) in [7, 11) is 0. The van der Waals surface area contributed by atoms with Gasteiger partial charge in [0.05, 0.1) is 5.69 Å². The molecule has 0 aliphatic rings. The summed E-state index contributed by atoms with van der Waals surface area (Å²) in [6, 6.07) is 6.79. The Labute approximate surface area is 87.6 Å². The highest BCUT2D eigenvalue weighted by atomic mass is 19.1. The lowest BCUT2D eigenvalue weighted by molar-refractivity contribution is 0.632. The van der Waals surface area contributed by atoms with Crippen LogP contribution in [-0.2, 0) is 0 Å². The van der Waals surface area contributed by atoms with E-state index in [9.17, 15) is 4.39 Å². The Morgan fingerprint density at radius 1 is 1.20 bits per heavy atom. The Bertz CT molecular complexity index is 480. The van der Waals surface area contributed by atoms with Crippen LogP contribution in [0.4, 0.5) is 10.1 Å². The first-order valence-electron chi connectivity index (χ1n) is 4.64. The maximum atomic E-state index is 13.3. The van der Waals surface area contributed by atoms with Crippen molar-refractivity contribution in [3.8, 4) is 11.1 Å². The van der Waals surface area contributed by atoms with Crippen molar-refractivity contribution in [2.45, 2.75) is 6.92 Å². The van der Waals surface area contributed by atoms with Crippen LogP contribution >= 0.6 is 0 Å². The lowest BCUT2D eigenvalue weighted by Gasteiger charge is -2.07. The summed E-state index contributed by atoms with van der Waals surface area (Å²) in [5, 5.41) is 0. The third-order valence-corrected chi connectivity index (χ3v) is 2.34. The summed E-state index contributed by atoms with van der Waals surface area (Å²) >= 11 is 0. The van der Waals surface area contributed by atoms with Gasteiger partial charge in [-0.25, -0.2) is 4.39 Å². The summed E-state index contributed by atoms with van der Waals surface area (Å²) in [4.78, 5) is 3.92. The number of benzene rings is 1. The van der Waals surface area contributed by atoms with Crippen LogP contribution in [0.25, 0.3) is 11.1 Å². The molecule has 0 aliphatic heterocycles. The predicted molar refractivity (Wildman–Crippen MR) is 58.8 cm³/mol. The number of aromatic nitrogens is 1. The van der Waals surface area contributed by atoms with Gasteiger partial charge in [-0.05, 0) is 47.9 Å². The average Bonchev–Trinajstić information content (AvgIpc) is 2.25. The number of nitrogens with zero attached hydrogens (tertiary/aromatic N) is 1. The third-order valence-electron chi connectivity index (χ3n) is 2.34. The molecular weight excluding hydrogens is 191 g/mol. The molecule has 2 rings (SSSR count). The molecular formula is C12H11FN2. The Kier molecular flexibility index (Phi) is 2.37. The minimum Gasteiger partial charge on any atom is -0.396 e. The van der Waals surface area contributed by atoms with Gasteiger partial charge in [0.25, 0.3) is 0 Å². The predicted octanol–water partition coefficient (Wildman–Crippen LogP) is 2.78. The van der Waals surface area contributed by atoms with Crippen molar-refractivity contribution in [2.24, 2.45) is 0 Å². The van der Waals surface area contributed by atoms with E-state index < -0.39 is 0 Å². The minimum atomic E-state index is -0.382. The number of pyridine rings is 1. The largest absolute Gasteiger partial charge is 0.396 e. The SMILES string of the molecule is Cc1cc(N)c(F)cc1-c1ccncc1. The molecule has 15 heavy (non-hydrogen) atoms. The molecule has 1 aromatic heterocycles. The molecule has 0 saturated carbocycles. The van der Waals surface area contributed by atoms with Gasteiger partial charge < -0.3 is 5.73 Å². The molecule has 76 valence electrons. The van der Waals surface area contributed by atoms with E-state index in [2.05, 4.69) is 4.98 Å². The van der Waals surface area contributed by atoms with Crippen LogP contribution in [0.5, 0.6) is 0 Å². The van der Waals surface area contributed by atoms with Gasteiger partial charge in [0.1, 0.15) is 5.82 Å². The molecule has 2 aromatic rings. The van der Waals surface area contributed by atoms with E-state index in [1.807, 2.05) is 19.1 Å². The number of hydrogen-bond acceptors (Lipinski definition) is 2. The number of nitrogen functional groups attached to an aromatic ring is 1. The summed E-state index contributed by atoms with van der Waals surface area (Å²) in [5.74, 6) is -0.382. The van der Waals surface area contributed by atoms with Gasteiger partial charge in [-0.1, -0.05) is 0 Å². The fourth-order valence-corrected chi connectivity index (χ4v) is 1.55. The second-order valence-electron chi connectivity index (χ2n) is 3.42. The molecule has 0 bridgehead atoms. The van der Waals surface area contributed by atoms with Gasteiger partial charge in [0.15, 0.2) is 0 Å². The second kappa shape index (κ2) is 3.69. The standard InChI is InChI=1S/C12H11FN2/c1-8-6-12(14)11(13)7-10(8)9-2-4-15-5-3-9/h2-7H,14H2,1H3. The van der Waals surface area contributed by atoms with Crippen molar-refractivity contribution in [1.82, 2.24) is 4.98 Å². The Hall–Kier alpha value is -1.90. The van der Waals surface area contributed by atoms with Crippen molar-refractivity contribution < 1.29 is 4.39 Å². The topological polar surface area (TPSA) is 38.9 Å². The molecule has 0 aliphatic carbocycles. The van der Waals surface area contributed by atoms with Crippen molar-refractivity contribution in [3.05, 3.63) is 48.0 Å². The van der Waals surface area contributed by atoms with Gasteiger partial charge >= 0.3 is 0 Å². The van der Waals surface area contributed by atoms with E-state index in [1.165, 1.54) is 6.07 Å². The van der Waals surface area contributed by atoms with E-state index in [0.29, 0.717) is 0 Å². The summed E-state index contributed by atoms with van der Waals surface area (Å²) in [5.41, 5.74) is 8.42. The maximum Gasteiger partial charge on any atom is 0.146 e. The second-order valence-corrected chi connectivity index (χ2v) is 3.42. The molecule has 0 atom stereocenters. The van der Waals surface area contributed by atoms with Crippen LogP contribution < -0.4 is 5.73 Å². The van der Waals surface area contributed by atoms with Crippen LogP contribution in [0.2, 0.25) is 0 Å². The number of anilines is 1. The third kappa shape index (κ3) is 1.81.